The van der Waals surface area contributed by atoms with E-state index in [1.165, 1.54) is 4.90 Å². The summed E-state index contributed by atoms with van der Waals surface area (Å²) < 4.78 is 6.27. The van der Waals surface area contributed by atoms with Crippen LogP contribution < -0.4 is 10.1 Å². The Bertz CT molecular complexity index is 881. The first kappa shape index (κ1) is 17.1. The Balaban J connectivity index is 1.68. The van der Waals surface area contributed by atoms with Crippen LogP contribution in [0.25, 0.3) is 0 Å². The molecule has 0 aromatic heterocycles. The van der Waals surface area contributed by atoms with Gasteiger partial charge < -0.3 is 10.1 Å². The molecule has 0 bridgehead atoms. The number of methoxy groups -OCH3 is 1. The molecular formula is C20H19BrN2O3. The smallest absolute Gasteiger partial charge is 0.325 e. The summed E-state index contributed by atoms with van der Waals surface area (Å²) in [4.78, 5) is 27.2. The minimum atomic E-state index is -0.952. The van der Waals surface area contributed by atoms with Gasteiger partial charge in [-0.3, -0.25) is 9.69 Å². The third-order valence-electron chi connectivity index (χ3n) is 5.20. The monoisotopic (exact) mass is 414 g/mol. The van der Waals surface area contributed by atoms with Gasteiger partial charge in [0.05, 0.1) is 13.7 Å². The predicted molar refractivity (Wildman–Crippen MR) is 101 cm³/mol. The number of amides is 3. The molecule has 1 N–H and O–H groups in total. The molecule has 0 saturated carbocycles. The highest BCUT2D eigenvalue weighted by atomic mass is 79.9. The molecule has 1 unspecified atom stereocenters. The van der Waals surface area contributed by atoms with Crippen LogP contribution in [0.2, 0.25) is 0 Å². The van der Waals surface area contributed by atoms with Crippen molar-refractivity contribution in [1.82, 2.24) is 10.2 Å². The number of hydrogen-bond donors (Lipinski definition) is 1. The van der Waals surface area contributed by atoms with Crippen LogP contribution in [-0.4, -0.2) is 23.9 Å². The van der Waals surface area contributed by atoms with Gasteiger partial charge >= 0.3 is 6.03 Å². The van der Waals surface area contributed by atoms with Gasteiger partial charge in [0.25, 0.3) is 5.91 Å². The first-order valence-electron chi connectivity index (χ1n) is 8.59. The molecule has 1 aliphatic heterocycles. The van der Waals surface area contributed by atoms with E-state index in [0.29, 0.717) is 6.42 Å². The lowest BCUT2D eigenvalue weighted by Gasteiger charge is -2.33. The lowest BCUT2D eigenvalue weighted by molar-refractivity contribution is -0.132. The quantitative estimate of drug-likeness (QED) is 0.778. The number of fused-ring (bicyclic) bond motifs is 2. The van der Waals surface area contributed by atoms with Crippen LogP contribution >= 0.6 is 15.9 Å². The van der Waals surface area contributed by atoms with Crippen molar-refractivity contribution in [3.63, 3.8) is 0 Å². The minimum absolute atomic E-state index is 0.170. The number of aryl methyl sites for hydroxylation is 1. The lowest BCUT2D eigenvalue weighted by atomic mass is 9.76. The van der Waals surface area contributed by atoms with Crippen molar-refractivity contribution in [2.45, 2.75) is 31.3 Å². The number of carbonyl (C=O) groups excluding carboxylic acids is 2. The SMILES string of the molecule is COc1ccc2c(c1)CCCC21NC(=O)N(Cc2ccc(Br)cc2)C1=O. The summed E-state index contributed by atoms with van der Waals surface area (Å²) in [5.41, 5.74) is 1.92. The molecule has 2 aliphatic rings. The third kappa shape index (κ3) is 2.69. The fourth-order valence-corrected chi connectivity index (χ4v) is 4.16. The molecule has 6 heteroatoms. The normalized spacial score (nSPS) is 21.7. The van der Waals surface area contributed by atoms with Crippen LogP contribution in [0.15, 0.2) is 46.9 Å². The summed E-state index contributed by atoms with van der Waals surface area (Å²) in [6.07, 6.45) is 2.34. The number of halogens is 1. The van der Waals surface area contributed by atoms with Gasteiger partial charge in [-0.2, -0.15) is 0 Å². The Kier molecular flexibility index (Phi) is 4.23. The third-order valence-corrected chi connectivity index (χ3v) is 5.73. The van der Waals surface area contributed by atoms with Gasteiger partial charge in [0.15, 0.2) is 0 Å². The van der Waals surface area contributed by atoms with Gasteiger partial charge in [-0.15, -0.1) is 0 Å². The molecule has 1 aliphatic carbocycles. The molecule has 0 radical (unpaired) electrons. The van der Waals surface area contributed by atoms with Gasteiger partial charge in [0, 0.05) is 4.47 Å². The van der Waals surface area contributed by atoms with E-state index >= 15 is 0 Å². The fourth-order valence-electron chi connectivity index (χ4n) is 3.89. The Hall–Kier alpha value is -2.34. The van der Waals surface area contributed by atoms with E-state index < -0.39 is 5.54 Å². The van der Waals surface area contributed by atoms with Crippen molar-refractivity contribution in [1.29, 1.82) is 0 Å². The summed E-state index contributed by atoms with van der Waals surface area (Å²) in [5.74, 6) is 0.598. The van der Waals surface area contributed by atoms with Crippen LogP contribution in [0, 0.1) is 0 Å². The van der Waals surface area contributed by atoms with Crippen molar-refractivity contribution < 1.29 is 14.3 Å². The van der Waals surface area contributed by atoms with Crippen molar-refractivity contribution in [2.75, 3.05) is 7.11 Å². The van der Waals surface area contributed by atoms with E-state index in [0.717, 1.165) is 39.8 Å². The predicted octanol–water partition coefficient (Wildman–Crippen LogP) is 3.74. The maximum atomic E-state index is 13.3. The highest BCUT2D eigenvalue weighted by Crippen LogP contribution is 2.41. The zero-order valence-corrected chi connectivity index (χ0v) is 16.0. The first-order valence-corrected chi connectivity index (χ1v) is 9.39. The van der Waals surface area contributed by atoms with Gasteiger partial charge in [-0.05, 0) is 60.2 Å². The Morgan fingerprint density at radius 1 is 1.19 bits per heavy atom. The number of nitrogens with one attached hydrogen (secondary N) is 1. The lowest BCUT2D eigenvalue weighted by Crippen LogP contribution is -2.46. The van der Waals surface area contributed by atoms with Gasteiger partial charge in [-0.1, -0.05) is 34.1 Å². The number of rotatable bonds is 3. The van der Waals surface area contributed by atoms with E-state index in [9.17, 15) is 9.59 Å². The second-order valence-electron chi connectivity index (χ2n) is 6.73. The van der Waals surface area contributed by atoms with Crippen LogP contribution in [0.5, 0.6) is 5.75 Å². The molecule has 134 valence electrons. The molecule has 1 fully saturated rings. The molecular weight excluding hydrogens is 396 g/mol. The summed E-state index contributed by atoms with van der Waals surface area (Å²) in [6, 6.07) is 13.0. The van der Waals surface area contributed by atoms with E-state index in [-0.39, 0.29) is 18.5 Å². The van der Waals surface area contributed by atoms with Crippen molar-refractivity contribution in [2.24, 2.45) is 0 Å². The molecule has 4 rings (SSSR count). The summed E-state index contributed by atoms with van der Waals surface area (Å²) in [5, 5.41) is 2.98. The number of benzene rings is 2. The van der Waals surface area contributed by atoms with Crippen LogP contribution in [0.3, 0.4) is 0 Å². The van der Waals surface area contributed by atoms with Crippen LogP contribution in [0.4, 0.5) is 4.79 Å². The number of urea groups is 1. The zero-order valence-electron chi connectivity index (χ0n) is 14.4. The van der Waals surface area contributed by atoms with Gasteiger partial charge in [-0.25, -0.2) is 4.79 Å². The average Bonchev–Trinajstić information content (AvgIpc) is 2.88. The zero-order chi connectivity index (χ0) is 18.3. The Labute approximate surface area is 160 Å². The van der Waals surface area contributed by atoms with E-state index in [1.54, 1.807) is 7.11 Å². The van der Waals surface area contributed by atoms with E-state index in [1.807, 2.05) is 42.5 Å². The largest absolute Gasteiger partial charge is 0.497 e. The topological polar surface area (TPSA) is 58.6 Å². The maximum Gasteiger partial charge on any atom is 0.325 e. The molecule has 1 atom stereocenters. The summed E-state index contributed by atoms with van der Waals surface area (Å²) in [7, 11) is 1.63. The molecule has 1 saturated heterocycles. The van der Waals surface area contributed by atoms with Crippen molar-refractivity contribution in [3.8, 4) is 5.75 Å². The number of carbonyl (C=O) groups is 2. The molecule has 5 nitrogen and oxygen atoms in total. The fraction of sp³-hybridized carbons (Fsp3) is 0.300. The van der Waals surface area contributed by atoms with E-state index in [4.69, 9.17) is 4.74 Å². The number of hydrogen-bond acceptors (Lipinski definition) is 3. The number of imide groups is 1. The molecule has 3 amide bonds. The van der Waals surface area contributed by atoms with Crippen LogP contribution in [0.1, 0.15) is 29.5 Å². The average molecular weight is 415 g/mol. The van der Waals surface area contributed by atoms with Gasteiger partial charge in [0.1, 0.15) is 11.3 Å². The summed E-state index contributed by atoms with van der Waals surface area (Å²) >= 11 is 3.40. The van der Waals surface area contributed by atoms with Crippen molar-refractivity contribution in [3.05, 3.63) is 63.6 Å². The molecule has 1 spiro atoms. The second kappa shape index (κ2) is 6.43. The standard InChI is InChI=1S/C20H19BrN2O3/c1-26-16-8-9-17-14(11-16)3-2-10-20(17)18(24)23(19(25)22-20)12-13-4-6-15(21)7-5-13/h4-9,11H,2-3,10,12H2,1H3,(H,22,25). The van der Waals surface area contributed by atoms with Gasteiger partial charge in [0.2, 0.25) is 0 Å². The molecule has 1 heterocycles. The minimum Gasteiger partial charge on any atom is -0.497 e. The number of nitrogens with zero attached hydrogens (tertiary/aromatic N) is 1. The molecule has 2 aromatic rings. The second-order valence-corrected chi connectivity index (χ2v) is 7.65. The maximum absolute atomic E-state index is 13.3. The highest BCUT2D eigenvalue weighted by Gasteiger charge is 2.53. The molecule has 26 heavy (non-hydrogen) atoms. The summed E-state index contributed by atoms with van der Waals surface area (Å²) in [6.45, 7) is 0.269. The van der Waals surface area contributed by atoms with Crippen LogP contribution in [-0.2, 0) is 23.3 Å². The van der Waals surface area contributed by atoms with E-state index in [2.05, 4.69) is 21.2 Å². The number of ether oxygens (including phenoxy) is 1. The highest BCUT2D eigenvalue weighted by molar-refractivity contribution is 9.10. The Morgan fingerprint density at radius 3 is 2.69 bits per heavy atom. The molecule has 2 aromatic carbocycles. The Morgan fingerprint density at radius 2 is 1.96 bits per heavy atom. The van der Waals surface area contributed by atoms with Crippen molar-refractivity contribution >= 4 is 27.9 Å². The first-order chi connectivity index (χ1) is 12.5.